The minimum atomic E-state index is 0.759. The van der Waals surface area contributed by atoms with Crippen LogP contribution in [-0.4, -0.2) is 19.9 Å². The Morgan fingerprint density at radius 2 is 1.74 bits per heavy atom. The molecule has 0 aliphatic carbocycles. The maximum atomic E-state index is 4.76. The minimum absolute atomic E-state index is 0.759. The Morgan fingerprint density at radius 1 is 0.913 bits per heavy atom. The van der Waals surface area contributed by atoms with Crippen LogP contribution < -0.4 is 4.90 Å². The summed E-state index contributed by atoms with van der Waals surface area (Å²) in [7, 11) is 0. The smallest absolute Gasteiger partial charge is 0.159 e. The number of nitrogens with zero attached hydrogens (tertiary/aromatic N) is 5. The second kappa shape index (κ2) is 5.43. The quantitative estimate of drug-likeness (QED) is 0.728. The summed E-state index contributed by atoms with van der Waals surface area (Å²) in [6, 6.07) is 10.1. The van der Waals surface area contributed by atoms with Gasteiger partial charge in [-0.05, 0) is 13.8 Å². The molecule has 114 valence electrons. The second-order valence-corrected chi connectivity index (χ2v) is 5.81. The predicted molar refractivity (Wildman–Crippen MR) is 88.9 cm³/mol. The van der Waals surface area contributed by atoms with Crippen molar-refractivity contribution in [3.8, 4) is 11.4 Å². The number of anilines is 1. The highest BCUT2D eigenvalue weighted by Gasteiger charge is 2.24. The van der Waals surface area contributed by atoms with Crippen molar-refractivity contribution < 1.29 is 0 Å². The van der Waals surface area contributed by atoms with Crippen LogP contribution >= 0.6 is 0 Å². The van der Waals surface area contributed by atoms with Gasteiger partial charge in [-0.25, -0.2) is 19.9 Å². The number of aromatic nitrogens is 4. The molecule has 3 heterocycles. The predicted octanol–water partition coefficient (Wildman–Crippen LogP) is 3.07. The lowest BCUT2D eigenvalue weighted by Crippen LogP contribution is -2.18. The first kappa shape index (κ1) is 13.8. The van der Waals surface area contributed by atoms with E-state index in [0.29, 0.717) is 0 Å². The lowest BCUT2D eigenvalue weighted by molar-refractivity contribution is 0.827. The van der Waals surface area contributed by atoms with Crippen LogP contribution in [0.3, 0.4) is 0 Å². The maximum absolute atomic E-state index is 4.76. The highest BCUT2D eigenvalue weighted by atomic mass is 15.2. The standard InChI is InChI=1S/C18H17N5/c1-12-8-19-13(2)21-18(12)23-10-15-9-20-17(22-16(15)11-23)14-6-4-3-5-7-14/h3-9H,10-11H2,1-2H3. The largest absolute Gasteiger partial charge is 0.346 e. The van der Waals surface area contributed by atoms with E-state index in [1.54, 1.807) is 0 Å². The molecule has 0 unspecified atom stereocenters. The Balaban J connectivity index is 1.66. The highest BCUT2D eigenvalue weighted by Crippen LogP contribution is 2.28. The van der Waals surface area contributed by atoms with Crippen LogP contribution in [0.5, 0.6) is 0 Å². The first-order chi connectivity index (χ1) is 11.2. The van der Waals surface area contributed by atoms with Gasteiger partial charge in [0.05, 0.1) is 12.2 Å². The molecule has 0 spiro atoms. The molecule has 23 heavy (non-hydrogen) atoms. The van der Waals surface area contributed by atoms with Crippen molar-refractivity contribution in [1.82, 2.24) is 19.9 Å². The molecule has 0 saturated carbocycles. The third-order valence-electron chi connectivity index (χ3n) is 4.05. The Labute approximate surface area is 135 Å². The van der Waals surface area contributed by atoms with Gasteiger partial charge in [0.2, 0.25) is 0 Å². The van der Waals surface area contributed by atoms with E-state index in [9.17, 15) is 0 Å². The molecule has 0 fully saturated rings. The average molecular weight is 303 g/mol. The van der Waals surface area contributed by atoms with Gasteiger partial charge in [-0.15, -0.1) is 0 Å². The maximum Gasteiger partial charge on any atom is 0.159 e. The normalized spacial score (nSPS) is 13.2. The summed E-state index contributed by atoms with van der Waals surface area (Å²) < 4.78 is 0. The topological polar surface area (TPSA) is 54.8 Å². The summed E-state index contributed by atoms with van der Waals surface area (Å²) in [4.78, 5) is 20.3. The van der Waals surface area contributed by atoms with Gasteiger partial charge in [-0.1, -0.05) is 30.3 Å². The Bertz CT molecular complexity index is 861. The SMILES string of the molecule is Cc1ncc(C)c(N2Cc3cnc(-c4ccccc4)nc3C2)n1. The lowest BCUT2D eigenvalue weighted by atomic mass is 10.2. The van der Waals surface area contributed by atoms with E-state index >= 15 is 0 Å². The fourth-order valence-electron chi connectivity index (χ4n) is 2.87. The van der Waals surface area contributed by atoms with Crippen molar-refractivity contribution >= 4 is 5.82 Å². The molecule has 5 heteroatoms. The number of hydrogen-bond donors (Lipinski definition) is 0. The van der Waals surface area contributed by atoms with Gasteiger partial charge in [-0.3, -0.25) is 0 Å². The molecule has 3 aromatic rings. The van der Waals surface area contributed by atoms with E-state index in [1.807, 2.05) is 56.6 Å². The van der Waals surface area contributed by atoms with E-state index in [0.717, 1.165) is 47.4 Å². The molecule has 0 atom stereocenters. The van der Waals surface area contributed by atoms with Crippen LogP contribution in [0, 0.1) is 13.8 Å². The molecular weight excluding hydrogens is 286 g/mol. The summed E-state index contributed by atoms with van der Waals surface area (Å²) in [6.07, 6.45) is 3.82. The fourth-order valence-corrected chi connectivity index (χ4v) is 2.87. The average Bonchev–Trinajstić information content (AvgIpc) is 3.00. The highest BCUT2D eigenvalue weighted by molar-refractivity contribution is 5.56. The van der Waals surface area contributed by atoms with Crippen LogP contribution in [0.2, 0.25) is 0 Å². The van der Waals surface area contributed by atoms with Gasteiger partial charge in [0.15, 0.2) is 5.82 Å². The number of aryl methyl sites for hydroxylation is 2. The molecule has 2 aromatic heterocycles. The van der Waals surface area contributed by atoms with E-state index in [-0.39, 0.29) is 0 Å². The van der Waals surface area contributed by atoms with Crippen LogP contribution in [0.15, 0.2) is 42.7 Å². The first-order valence-corrected chi connectivity index (χ1v) is 7.66. The van der Waals surface area contributed by atoms with E-state index in [1.165, 1.54) is 5.56 Å². The summed E-state index contributed by atoms with van der Waals surface area (Å²) in [6.45, 7) is 5.51. The molecule has 4 rings (SSSR count). The van der Waals surface area contributed by atoms with Gasteiger partial charge in [0.25, 0.3) is 0 Å². The lowest BCUT2D eigenvalue weighted by Gasteiger charge is -2.18. The van der Waals surface area contributed by atoms with Crippen LogP contribution in [0.4, 0.5) is 5.82 Å². The monoisotopic (exact) mass is 303 g/mol. The summed E-state index contributed by atoms with van der Waals surface area (Å²) in [5.74, 6) is 2.55. The van der Waals surface area contributed by atoms with Gasteiger partial charge in [0.1, 0.15) is 11.6 Å². The Morgan fingerprint density at radius 3 is 2.57 bits per heavy atom. The Hall–Kier alpha value is -2.82. The summed E-state index contributed by atoms with van der Waals surface area (Å²) in [5.41, 5.74) is 4.37. The van der Waals surface area contributed by atoms with Crippen LogP contribution in [0.25, 0.3) is 11.4 Å². The molecule has 0 amide bonds. The molecule has 0 N–H and O–H groups in total. The third kappa shape index (κ3) is 2.54. The van der Waals surface area contributed by atoms with Crippen molar-refractivity contribution in [3.63, 3.8) is 0 Å². The van der Waals surface area contributed by atoms with Crippen LogP contribution in [-0.2, 0) is 13.1 Å². The van der Waals surface area contributed by atoms with Crippen LogP contribution in [0.1, 0.15) is 22.6 Å². The third-order valence-corrected chi connectivity index (χ3v) is 4.05. The van der Waals surface area contributed by atoms with Gasteiger partial charge >= 0.3 is 0 Å². The molecule has 1 aliphatic rings. The molecule has 0 bridgehead atoms. The molecule has 5 nitrogen and oxygen atoms in total. The fraction of sp³-hybridized carbons (Fsp3) is 0.222. The zero-order valence-corrected chi connectivity index (χ0v) is 13.2. The number of rotatable bonds is 2. The van der Waals surface area contributed by atoms with E-state index in [2.05, 4.69) is 19.9 Å². The van der Waals surface area contributed by atoms with Crippen molar-refractivity contribution in [2.45, 2.75) is 26.9 Å². The van der Waals surface area contributed by atoms with E-state index in [4.69, 9.17) is 4.98 Å². The van der Waals surface area contributed by atoms with Crippen molar-refractivity contribution in [3.05, 3.63) is 65.4 Å². The zero-order chi connectivity index (χ0) is 15.8. The van der Waals surface area contributed by atoms with Crippen molar-refractivity contribution in [1.29, 1.82) is 0 Å². The molecule has 0 saturated heterocycles. The zero-order valence-electron chi connectivity index (χ0n) is 13.2. The molecule has 1 aromatic carbocycles. The summed E-state index contributed by atoms with van der Waals surface area (Å²) >= 11 is 0. The van der Waals surface area contributed by atoms with Crippen molar-refractivity contribution in [2.24, 2.45) is 0 Å². The van der Waals surface area contributed by atoms with Gasteiger partial charge in [0, 0.05) is 35.6 Å². The molecule has 1 aliphatic heterocycles. The second-order valence-electron chi connectivity index (χ2n) is 5.81. The van der Waals surface area contributed by atoms with E-state index < -0.39 is 0 Å². The molecule has 0 radical (unpaired) electrons. The number of fused-ring (bicyclic) bond motifs is 1. The van der Waals surface area contributed by atoms with Gasteiger partial charge < -0.3 is 4.90 Å². The molecular formula is C18H17N5. The number of benzene rings is 1. The van der Waals surface area contributed by atoms with Crippen molar-refractivity contribution in [2.75, 3.05) is 4.90 Å². The summed E-state index contributed by atoms with van der Waals surface area (Å²) in [5, 5.41) is 0. The Kier molecular flexibility index (Phi) is 3.26. The minimum Gasteiger partial charge on any atom is -0.346 e. The first-order valence-electron chi connectivity index (χ1n) is 7.66. The number of hydrogen-bond acceptors (Lipinski definition) is 5. The van der Waals surface area contributed by atoms with Gasteiger partial charge in [-0.2, -0.15) is 0 Å².